The third-order valence-electron chi connectivity index (χ3n) is 3.20. The number of carbonyl (C=O) groups excluding carboxylic acids is 1. The molecule has 0 radical (unpaired) electrons. The van der Waals surface area contributed by atoms with Crippen LogP contribution >= 0.6 is 0 Å². The molecule has 12 nitrogen and oxygen atoms in total. The fraction of sp³-hybridized carbons (Fsp3) is 0.417. The van der Waals surface area contributed by atoms with E-state index in [1.54, 1.807) is 6.92 Å². The van der Waals surface area contributed by atoms with Gasteiger partial charge in [0.2, 0.25) is 5.91 Å². The minimum Gasteiger partial charge on any atom is -0.358 e. The van der Waals surface area contributed by atoms with E-state index in [4.69, 9.17) is 0 Å². The first-order valence-corrected chi connectivity index (χ1v) is 6.99. The van der Waals surface area contributed by atoms with Crippen molar-refractivity contribution in [2.24, 2.45) is 0 Å². The summed E-state index contributed by atoms with van der Waals surface area (Å²) in [6.45, 7) is 2.45. The normalized spacial score (nSPS) is 10.5. The van der Waals surface area contributed by atoms with E-state index >= 15 is 0 Å². The molecule has 2 aromatic rings. The second-order valence-corrected chi connectivity index (χ2v) is 4.94. The molecule has 1 amide bonds. The van der Waals surface area contributed by atoms with Crippen LogP contribution < -0.4 is 5.32 Å². The zero-order valence-electron chi connectivity index (χ0n) is 12.8. The number of nitrogens with one attached hydrogen (secondary N) is 1. The van der Waals surface area contributed by atoms with E-state index in [0.717, 1.165) is 6.20 Å². The highest BCUT2D eigenvalue weighted by Gasteiger charge is 2.16. The van der Waals surface area contributed by atoms with Crippen molar-refractivity contribution in [2.75, 3.05) is 6.54 Å². The van der Waals surface area contributed by atoms with Crippen molar-refractivity contribution < 1.29 is 14.6 Å². The van der Waals surface area contributed by atoms with Gasteiger partial charge in [-0.3, -0.25) is 19.6 Å². The average molecular weight is 337 g/mol. The Morgan fingerprint density at radius 3 is 2.62 bits per heavy atom. The number of hydrogen-bond donors (Lipinski definition) is 1. The fourth-order valence-corrected chi connectivity index (χ4v) is 1.98. The summed E-state index contributed by atoms with van der Waals surface area (Å²) >= 11 is 0. The lowest BCUT2D eigenvalue weighted by Crippen LogP contribution is -2.28. The average Bonchev–Trinajstić information content (AvgIpc) is 3.12. The Hall–Kier alpha value is -3.31. The number of carbonyl (C=O) groups is 1. The fourth-order valence-electron chi connectivity index (χ4n) is 1.98. The maximum Gasteiger partial charge on any atom is 0.390 e. The monoisotopic (exact) mass is 337 g/mol. The Kier molecular flexibility index (Phi) is 5.19. The molecular formula is C12H15N7O5. The van der Waals surface area contributed by atoms with E-state index in [-0.39, 0.29) is 36.9 Å². The SMILES string of the molecule is Cc1cc([N+](=O)[O-])nn1CCC(=O)NCCn1cc([N+](=O)[O-])cn1. The third kappa shape index (κ3) is 4.34. The predicted molar refractivity (Wildman–Crippen MR) is 80.1 cm³/mol. The highest BCUT2D eigenvalue weighted by molar-refractivity contribution is 5.75. The number of aromatic nitrogens is 4. The Labute approximate surface area is 135 Å². The van der Waals surface area contributed by atoms with Gasteiger partial charge in [-0.2, -0.15) is 9.78 Å². The van der Waals surface area contributed by atoms with E-state index in [1.807, 2.05) is 0 Å². The second kappa shape index (κ2) is 7.30. The minimum atomic E-state index is -0.590. The summed E-state index contributed by atoms with van der Waals surface area (Å²) in [4.78, 5) is 31.8. The van der Waals surface area contributed by atoms with Gasteiger partial charge in [0, 0.05) is 13.0 Å². The maximum atomic E-state index is 11.7. The van der Waals surface area contributed by atoms with Crippen molar-refractivity contribution in [1.82, 2.24) is 24.9 Å². The van der Waals surface area contributed by atoms with Gasteiger partial charge < -0.3 is 15.4 Å². The van der Waals surface area contributed by atoms with Crippen molar-refractivity contribution in [1.29, 1.82) is 0 Å². The molecule has 0 bridgehead atoms. The van der Waals surface area contributed by atoms with E-state index in [9.17, 15) is 25.0 Å². The van der Waals surface area contributed by atoms with Gasteiger partial charge in [0.1, 0.15) is 12.4 Å². The molecule has 0 atom stereocenters. The highest BCUT2D eigenvalue weighted by atomic mass is 16.6. The quantitative estimate of drug-likeness (QED) is 0.541. The molecule has 0 unspecified atom stereocenters. The topological polar surface area (TPSA) is 151 Å². The lowest BCUT2D eigenvalue weighted by Gasteiger charge is -2.05. The van der Waals surface area contributed by atoms with Gasteiger partial charge in [0.25, 0.3) is 0 Å². The third-order valence-corrected chi connectivity index (χ3v) is 3.20. The zero-order chi connectivity index (χ0) is 17.7. The van der Waals surface area contributed by atoms with Crippen molar-refractivity contribution in [3.8, 4) is 0 Å². The highest BCUT2D eigenvalue weighted by Crippen LogP contribution is 2.11. The van der Waals surface area contributed by atoms with Crippen molar-refractivity contribution in [3.05, 3.63) is 44.4 Å². The van der Waals surface area contributed by atoms with Gasteiger partial charge >= 0.3 is 11.5 Å². The largest absolute Gasteiger partial charge is 0.390 e. The van der Waals surface area contributed by atoms with Crippen LogP contribution in [0.15, 0.2) is 18.5 Å². The maximum absolute atomic E-state index is 11.7. The van der Waals surface area contributed by atoms with Crippen LogP contribution in [-0.4, -0.2) is 41.9 Å². The number of hydrogen-bond acceptors (Lipinski definition) is 7. The molecule has 0 aliphatic heterocycles. The van der Waals surface area contributed by atoms with Gasteiger partial charge in [0.15, 0.2) is 0 Å². The minimum absolute atomic E-state index is 0.110. The standard InChI is InChI=1S/C12H15N7O5/c1-9-6-11(19(23)24)15-17(9)4-2-12(20)13-3-5-16-8-10(7-14-16)18(21)22/h6-8H,2-5H2,1H3,(H,13,20). The summed E-state index contributed by atoms with van der Waals surface area (Å²) in [5.74, 6) is -0.512. The molecule has 0 saturated heterocycles. The number of nitro groups is 2. The summed E-state index contributed by atoms with van der Waals surface area (Å²) in [5, 5.41) is 31.4. The summed E-state index contributed by atoms with van der Waals surface area (Å²) < 4.78 is 2.76. The Bertz CT molecular complexity index is 766. The lowest BCUT2D eigenvalue weighted by atomic mass is 10.3. The first kappa shape index (κ1) is 17.1. The molecular weight excluding hydrogens is 322 g/mol. The molecule has 2 heterocycles. The molecule has 128 valence electrons. The lowest BCUT2D eigenvalue weighted by molar-refractivity contribution is -0.389. The van der Waals surface area contributed by atoms with Crippen LogP contribution in [0.4, 0.5) is 11.5 Å². The zero-order valence-corrected chi connectivity index (χ0v) is 12.8. The number of nitrogens with zero attached hydrogens (tertiary/aromatic N) is 6. The molecule has 1 N–H and O–H groups in total. The summed E-state index contributed by atoms with van der Waals surface area (Å²) in [5.41, 5.74) is 0.482. The Morgan fingerprint density at radius 2 is 2.04 bits per heavy atom. The second-order valence-electron chi connectivity index (χ2n) is 4.94. The van der Waals surface area contributed by atoms with Gasteiger partial charge in [-0.1, -0.05) is 0 Å². The van der Waals surface area contributed by atoms with E-state index < -0.39 is 9.85 Å². The molecule has 2 rings (SSSR count). The number of rotatable bonds is 8. The molecule has 0 fully saturated rings. The van der Waals surface area contributed by atoms with Crippen LogP contribution in [0.2, 0.25) is 0 Å². The van der Waals surface area contributed by atoms with Gasteiger partial charge in [-0.25, -0.2) is 0 Å². The van der Waals surface area contributed by atoms with E-state index in [1.165, 1.54) is 21.6 Å². The van der Waals surface area contributed by atoms with Crippen LogP contribution in [0, 0.1) is 27.2 Å². The molecule has 0 aromatic carbocycles. The van der Waals surface area contributed by atoms with Crippen molar-refractivity contribution in [3.63, 3.8) is 0 Å². The number of aryl methyl sites for hydroxylation is 2. The van der Waals surface area contributed by atoms with E-state index in [2.05, 4.69) is 15.5 Å². The molecule has 0 aliphatic rings. The molecule has 0 saturated carbocycles. The first-order valence-electron chi connectivity index (χ1n) is 6.99. The van der Waals surface area contributed by atoms with Crippen LogP contribution in [0.5, 0.6) is 0 Å². The predicted octanol–water partition coefficient (Wildman–Crippen LogP) is 0.411. The van der Waals surface area contributed by atoms with Gasteiger partial charge in [-0.15, -0.1) is 0 Å². The van der Waals surface area contributed by atoms with Crippen LogP contribution in [0.3, 0.4) is 0 Å². The molecule has 0 aliphatic carbocycles. The summed E-state index contributed by atoms with van der Waals surface area (Å²) in [7, 11) is 0. The van der Waals surface area contributed by atoms with Crippen molar-refractivity contribution >= 4 is 17.4 Å². The Morgan fingerprint density at radius 1 is 1.29 bits per heavy atom. The first-order chi connectivity index (χ1) is 11.4. The molecule has 0 spiro atoms. The summed E-state index contributed by atoms with van der Waals surface area (Å²) in [6.07, 6.45) is 2.52. The molecule has 2 aromatic heterocycles. The van der Waals surface area contributed by atoms with Crippen molar-refractivity contribution in [2.45, 2.75) is 26.4 Å². The van der Waals surface area contributed by atoms with E-state index in [0.29, 0.717) is 12.2 Å². The Balaban J connectivity index is 1.75. The number of amides is 1. The van der Waals surface area contributed by atoms with Crippen LogP contribution in [0.1, 0.15) is 12.1 Å². The van der Waals surface area contributed by atoms with Gasteiger partial charge in [0.05, 0.1) is 34.9 Å². The van der Waals surface area contributed by atoms with Crippen LogP contribution in [-0.2, 0) is 17.9 Å². The smallest absolute Gasteiger partial charge is 0.358 e. The summed E-state index contributed by atoms with van der Waals surface area (Å²) in [6, 6.07) is 1.34. The van der Waals surface area contributed by atoms with Crippen LogP contribution in [0.25, 0.3) is 0 Å². The van der Waals surface area contributed by atoms with Gasteiger partial charge in [-0.05, 0) is 11.8 Å². The molecule has 12 heteroatoms. The molecule has 24 heavy (non-hydrogen) atoms.